The summed E-state index contributed by atoms with van der Waals surface area (Å²) in [6.45, 7) is 0. The Kier molecular flexibility index (Phi) is 6.73. The summed E-state index contributed by atoms with van der Waals surface area (Å²) in [5, 5.41) is 15.1. The van der Waals surface area contributed by atoms with Gasteiger partial charge >= 0.3 is 5.69 Å². The van der Waals surface area contributed by atoms with Crippen LogP contribution in [-0.2, 0) is 11.2 Å². The maximum atomic E-state index is 11.9. The fourth-order valence-electron chi connectivity index (χ4n) is 2.66. The molecule has 0 aliphatic carbocycles. The van der Waals surface area contributed by atoms with Gasteiger partial charge in [0.15, 0.2) is 11.5 Å². The predicted octanol–water partition coefficient (Wildman–Crippen LogP) is 4.09. The fourth-order valence-corrected chi connectivity index (χ4v) is 2.66. The summed E-state index contributed by atoms with van der Waals surface area (Å²) in [6, 6.07) is 20.4. The number of hydrazone groups is 1. The molecule has 0 spiro atoms. The Labute approximate surface area is 172 Å². The molecule has 0 aromatic heterocycles. The number of hydrogen-bond acceptors (Lipinski definition) is 6. The first-order valence-corrected chi connectivity index (χ1v) is 9.02. The summed E-state index contributed by atoms with van der Waals surface area (Å²) in [5.74, 6) is 0.556. The predicted molar refractivity (Wildman–Crippen MR) is 112 cm³/mol. The highest BCUT2D eigenvalue weighted by Crippen LogP contribution is 2.36. The van der Waals surface area contributed by atoms with Crippen LogP contribution in [0.15, 0.2) is 77.9 Å². The van der Waals surface area contributed by atoms with Gasteiger partial charge in [-0.3, -0.25) is 14.9 Å². The van der Waals surface area contributed by atoms with E-state index in [4.69, 9.17) is 9.47 Å². The standard InChI is InChI=1S/C22H19N3O5/c1-29-21-13-17(15-23-24-22(26)14-16-7-3-2-4-8-16)11-12-20(21)30-19-10-6-5-9-18(19)25(27)28/h2-13,15H,14H2,1H3,(H,24,26)/b23-15-. The zero-order valence-electron chi connectivity index (χ0n) is 16.1. The number of ether oxygens (including phenoxy) is 2. The molecule has 0 atom stereocenters. The number of hydrogen-bond donors (Lipinski definition) is 1. The van der Waals surface area contributed by atoms with E-state index in [0.29, 0.717) is 17.1 Å². The second kappa shape index (κ2) is 9.83. The van der Waals surface area contributed by atoms with Crippen LogP contribution in [0.4, 0.5) is 5.69 Å². The number of rotatable bonds is 8. The molecule has 1 N–H and O–H groups in total. The molecule has 1 amide bonds. The molecule has 0 aliphatic heterocycles. The van der Waals surface area contributed by atoms with Crippen LogP contribution in [0.5, 0.6) is 17.2 Å². The Morgan fingerprint density at radius 2 is 1.77 bits per heavy atom. The SMILES string of the molecule is COc1cc(/C=N\NC(=O)Cc2ccccc2)ccc1Oc1ccccc1[N+](=O)[O-]. The molecular formula is C22H19N3O5. The minimum Gasteiger partial charge on any atom is -0.493 e. The Bertz CT molecular complexity index is 1070. The summed E-state index contributed by atoms with van der Waals surface area (Å²) in [6.07, 6.45) is 1.70. The first kappa shape index (κ1) is 20.5. The van der Waals surface area contributed by atoms with Crippen molar-refractivity contribution in [2.45, 2.75) is 6.42 Å². The second-order valence-corrected chi connectivity index (χ2v) is 6.19. The van der Waals surface area contributed by atoms with E-state index >= 15 is 0 Å². The lowest BCUT2D eigenvalue weighted by molar-refractivity contribution is -0.385. The van der Waals surface area contributed by atoms with Crippen LogP contribution in [0.3, 0.4) is 0 Å². The lowest BCUT2D eigenvalue weighted by atomic mass is 10.1. The van der Waals surface area contributed by atoms with E-state index in [1.165, 1.54) is 25.5 Å². The first-order chi connectivity index (χ1) is 14.6. The van der Waals surface area contributed by atoms with Crippen molar-refractivity contribution in [1.82, 2.24) is 5.43 Å². The molecule has 0 bridgehead atoms. The van der Waals surface area contributed by atoms with E-state index in [2.05, 4.69) is 10.5 Å². The molecule has 30 heavy (non-hydrogen) atoms. The molecule has 8 nitrogen and oxygen atoms in total. The smallest absolute Gasteiger partial charge is 0.311 e. The quantitative estimate of drug-likeness (QED) is 0.345. The minimum absolute atomic E-state index is 0.107. The van der Waals surface area contributed by atoms with Gasteiger partial charge in [-0.1, -0.05) is 42.5 Å². The van der Waals surface area contributed by atoms with Gasteiger partial charge in [-0.25, -0.2) is 5.43 Å². The molecule has 152 valence electrons. The number of carbonyl (C=O) groups is 1. The van der Waals surface area contributed by atoms with E-state index in [1.807, 2.05) is 30.3 Å². The average molecular weight is 405 g/mol. The molecule has 0 aliphatic rings. The summed E-state index contributed by atoms with van der Waals surface area (Å²) in [7, 11) is 1.46. The highest BCUT2D eigenvalue weighted by atomic mass is 16.6. The molecule has 3 rings (SSSR count). The van der Waals surface area contributed by atoms with Crippen molar-refractivity contribution in [3.05, 3.63) is 94.0 Å². The van der Waals surface area contributed by atoms with Gasteiger partial charge in [-0.15, -0.1) is 0 Å². The zero-order valence-corrected chi connectivity index (χ0v) is 16.1. The lowest BCUT2D eigenvalue weighted by Gasteiger charge is -2.11. The molecular weight excluding hydrogens is 386 g/mol. The monoisotopic (exact) mass is 405 g/mol. The summed E-state index contributed by atoms with van der Waals surface area (Å²) >= 11 is 0. The van der Waals surface area contributed by atoms with Gasteiger partial charge in [0.05, 0.1) is 24.7 Å². The van der Waals surface area contributed by atoms with Crippen LogP contribution in [0.2, 0.25) is 0 Å². The third-order valence-electron chi connectivity index (χ3n) is 4.08. The summed E-state index contributed by atoms with van der Waals surface area (Å²) < 4.78 is 11.0. The van der Waals surface area contributed by atoms with E-state index < -0.39 is 4.92 Å². The third-order valence-corrected chi connectivity index (χ3v) is 4.08. The topological polar surface area (TPSA) is 103 Å². The number of benzene rings is 3. The number of nitro benzene ring substituents is 1. The van der Waals surface area contributed by atoms with E-state index in [-0.39, 0.29) is 23.8 Å². The molecule has 3 aromatic carbocycles. The fraction of sp³-hybridized carbons (Fsp3) is 0.0909. The highest BCUT2D eigenvalue weighted by molar-refractivity contribution is 5.84. The maximum Gasteiger partial charge on any atom is 0.311 e. The Hall–Kier alpha value is -4.20. The number of para-hydroxylation sites is 2. The van der Waals surface area contributed by atoms with Crippen LogP contribution in [0.1, 0.15) is 11.1 Å². The third kappa shape index (κ3) is 5.41. The van der Waals surface area contributed by atoms with Crippen molar-refractivity contribution < 1.29 is 19.2 Å². The number of carbonyl (C=O) groups excluding carboxylic acids is 1. The van der Waals surface area contributed by atoms with Gasteiger partial charge in [0, 0.05) is 6.07 Å². The molecule has 3 aromatic rings. The number of methoxy groups -OCH3 is 1. The summed E-state index contributed by atoms with van der Waals surface area (Å²) in [5.41, 5.74) is 3.87. The lowest BCUT2D eigenvalue weighted by Crippen LogP contribution is -2.19. The van der Waals surface area contributed by atoms with Crippen LogP contribution < -0.4 is 14.9 Å². The van der Waals surface area contributed by atoms with Crippen molar-refractivity contribution in [3.8, 4) is 17.2 Å². The van der Waals surface area contributed by atoms with Gasteiger partial charge in [0.1, 0.15) is 0 Å². The first-order valence-electron chi connectivity index (χ1n) is 9.02. The molecule has 0 saturated carbocycles. The van der Waals surface area contributed by atoms with Gasteiger partial charge in [0.25, 0.3) is 0 Å². The van der Waals surface area contributed by atoms with Crippen LogP contribution in [0, 0.1) is 10.1 Å². The van der Waals surface area contributed by atoms with Gasteiger partial charge < -0.3 is 9.47 Å². The Morgan fingerprint density at radius 1 is 1.03 bits per heavy atom. The van der Waals surface area contributed by atoms with Crippen LogP contribution >= 0.6 is 0 Å². The van der Waals surface area contributed by atoms with E-state index in [9.17, 15) is 14.9 Å². The average Bonchev–Trinajstić information content (AvgIpc) is 2.75. The molecule has 0 saturated heterocycles. The van der Waals surface area contributed by atoms with Gasteiger partial charge in [-0.05, 0) is 35.4 Å². The molecule has 0 heterocycles. The number of nitrogens with zero attached hydrogens (tertiary/aromatic N) is 2. The number of nitrogens with one attached hydrogen (secondary N) is 1. The zero-order chi connectivity index (χ0) is 21.3. The van der Waals surface area contributed by atoms with Crippen molar-refractivity contribution in [2.24, 2.45) is 5.10 Å². The highest BCUT2D eigenvalue weighted by Gasteiger charge is 2.16. The normalized spacial score (nSPS) is 10.6. The van der Waals surface area contributed by atoms with Crippen molar-refractivity contribution >= 4 is 17.8 Å². The van der Waals surface area contributed by atoms with Crippen molar-refractivity contribution in [3.63, 3.8) is 0 Å². The molecule has 8 heteroatoms. The number of nitro groups is 1. The van der Waals surface area contributed by atoms with Crippen molar-refractivity contribution in [1.29, 1.82) is 0 Å². The molecule has 0 unspecified atom stereocenters. The minimum atomic E-state index is -0.513. The number of amides is 1. The largest absolute Gasteiger partial charge is 0.493 e. The molecule has 0 radical (unpaired) electrons. The van der Waals surface area contributed by atoms with Crippen LogP contribution in [0.25, 0.3) is 0 Å². The Balaban J connectivity index is 1.67. The maximum absolute atomic E-state index is 11.9. The summed E-state index contributed by atoms with van der Waals surface area (Å²) in [4.78, 5) is 22.6. The van der Waals surface area contributed by atoms with Crippen LogP contribution in [-0.4, -0.2) is 24.2 Å². The van der Waals surface area contributed by atoms with E-state index in [1.54, 1.807) is 30.3 Å². The van der Waals surface area contributed by atoms with Gasteiger partial charge in [-0.2, -0.15) is 5.10 Å². The molecule has 0 fully saturated rings. The van der Waals surface area contributed by atoms with E-state index in [0.717, 1.165) is 5.56 Å². The Morgan fingerprint density at radius 3 is 2.50 bits per heavy atom. The second-order valence-electron chi connectivity index (χ2n) is 6.19. The van der Waals surface area contributed by atoms with Crippen molar-refractivity contribution in [2.75, 3.05) is 7.11 Å². The van der Waals surface area contributed by atoms with Gasteiger partial charge in [0.2, 0.25) is 11.7 Å².